The fourth-order valence-corrected chi connectivity index (χ4v) is 1.82. The average molecular weight is 317 g/mol. The van der Waals surface area contributed by atoms with Gasteiger partial charge in [0.25, 0.3) is 0 Å². The summed E-state index contributed by atoms with van der Waals surface area (Å²) < 4.78 is 16.1. The van der Waals surface area contributed by atoms with Crippen molar-refractivity contribution in [1.82, 2.24) is 4.98 Å². The van der Waals surface area contributed by atoms with Gasteiger partial charge in [-0.3, -0.25) is 4.79 Å². The van der Waals surface area contributed by atoms with Gasteiger partial charge in [0.05, 0.1) is 7.11 Å². The van der Waals surface area contributed by atoms with Gasteiger partial charge in [0, 0.05) is 17.7 Å². The molecule has 0 saturated carbocycles. The van der Waals surface area contributed by atoms with Gasteiger partial charge in [0.1, 0.15) is 24.3 Å². The van der Waals surface area contributed by atoms with Crippen LogP contribution >= 0.6 is 0 Å². The second-order valence-corrected chi connectivity index (χ2v) is 4.54. The van der Waals surface area contributed by atoms with Crippen molar-refractivity contribution in [1.29, 1.82) is 0 Å². The molecule has 0 saturated heterocycles. The molecule has 0 amide bonds. The summed E-state index contributed by atoms with van der Waals surface area (Å²) in [7, 11) is 1.48. The third-order valence-electron chi connectivity index (χ3n) is 2.97. The fourth-order valence-electron chi connectivity index (χ4n) is 1.82. The summed E-state index contributed by atoms with van der Waals surface area (Å²) in [6, 6.07) is 4.81. The largest absolute Gasteiger partial charge is 0.493 e. The quantitative estimate of drug-likeness (QED) is 0.618. The number of carboxylic acids is 1. The molecule has 0 bridgehead atoms. The first-order valence-corrected chi connectivity index (χ1v) is 6.67. The summed E-state index contributed by atoms with van der Waals surface area (Å²) in [6.07, 6.45) is 2.92. The SMILES string of the molecule is COc1cc(C=O)ccc1OCc1nc(C=CC(=O)O)oc1C. The second-order valence-electron chi connectivity index (χ2n) is 4.54. The molecule has 0 aliphatic heterocycles. The Hall–Kier alpha value is -3.09. The number of methoxy groups -OCH3 is 1. The molecular weight excluding hydrogens is 302 g/mol. The molecule has 23 heavy (non-hydrogen) atoms. The lowest BCUT2D eigenvalue weighted by Crippen LogP contribution is -2.00. The standard InChI is InChI=1S/C16H15NO6/c1-10-12(17-15(23-10)5-6-16(19)20)9-22-13-4-3-11(8-18)7-14(13)21-2/h3-8H,9H2,1-2H3,(H,19,20). The smallest absolute Gasteiger partial charge is 0.328 e. The molecule has 1 aromatic heterocycles. The number of ether oxygens (including phenoxy) is 2. The molecule has 0 fully saturated rings. The van der Waals surface area contributed by atoms with Crippen LogP contribution in [0.4, 0.5) is 0 Å². The zero-order chi connectivity index (χ0) is 16.8. The minimum atomic E-state index is -1.08. The number of hydrogen-bond acceptors (Lipinski definition) is 6. The molecule has 120 valence electrons. The molecule has 0 aliphatic rings. The summed E-state index contributed by atoms with van der Waals surface area (Å²) in [6.45, 7) is 1.82. The van der Waals surface area contributed by atoms with Crippen molar-refractivity contribution in [2.75, 3.05) is 7.11 Å². The number of carboxylic acid groups (broad SMARTS) is 1. The van der Waals surface area contributed by atoms with Crippen molar-refractivity contribution in [3.05, 3.63) is 47.2 Å². The highest BCUT2D eigenvalue weighted by Gasteiger charge is 2.11. The third-order valence-corrected chi connectivity index (χ3v) is 2.97. The molecule has 0 unspecified atom stereocenters. The van der Waals surface area contributed by atoms with E-state index in [1.165, 1.54) is 13.2 Å². The Morgan fingerprint density at radius 3 is 2.83 bits per heavy atom. The van der Waals surface area contributed by atoms with E-state index in [4.69, 9.17) is 19.0 Å². The molecule has 0 radical (unpaired) electrons. The van der Waals surface area contributed by atoms with E-state index in [9.17, 15) is 9.59 Å². The Labute approximate surface area is 132 Å². The fraction of sp³-hybridized carbons (Fsp3) is 0.188. The van der Waals surface area contributed by atoms with Gasteiger partial charge < -0.3 is 19.0 Å². The van der Waals surface area contributed by atoms with Crippen molar-refractivity contribution < 1.29 is 28.6 Å². The maximum absolute atomic E-state index is 10.8. The van der Waals surface area contributed by atoms with Gasteiger partial charge in [-0.05, 0) is 25.1 Å². The van der Waals surface area contributed by atoms with Crippen molar-refractivity contribution >= 4 is 18.3 Å². The van der Waals surface area contributed by atoms with Gasteiger partial charge in [-0.15, -0.1) is 0 Å². The van der Waals surface area contributed by atoms with Gasteiger partial charge in [-0.2, -0.15) is 0 Å². The van der Waals surface area contributed by atoms with Crippen LogP contribution in [0.2, 0.25) is 0 Å². The number of benzene rings is 1. The predicted molar refractivity (Wildman–Crippen MR) is 80.6 cm³/mol. The summed E-state index contributed by atoms with van der Waals surface area (Å²) >= 11 is 0. The lowest BCUT2D eigenvalue weighted by Gasteiger charge is -2.10. The summed E-state index contributed by atoms with van der Waals surface area (Å²) in [5, 5.41) is 8.58. The van der Waals surface area contributed by atoms with Crippen molar-refractivity contribution in [3.63, 3.8) is 0 Å². The van der Waals surface area contributed by atoms with Crippen LogP contribution in [0.25, 0.3) is 6.08 Å². The Kier molecular flexibility index (Phi) is 5.14. The van der Waals surface area contributed by atoms with Gasteiger partial charge in [0.2, 0.25) is 5.89 Å². The Bertz CT molecular complexity index is 747. The highest BCUT2D eigenvalue weighted by Crippen LogP contribution is 2.28. The predicted octanol–water partition coefficient (Wildman–Crippen LogP) is 2.48. The van der Waals surface area contributed by atoms with Crippen LogP contribution in [-0.4, -0.2) is 29.5 Å². The monoisotopic (exact) mass is 317 g/mol. The van der Waals surface area contributed by atoms with E-state index < -0.39 is 5.97 Å². The van der Waals surface area contributed by atoms with Crippen LogP contribution < -0.4 is 9.47 Å². The van der Waals surface area contributed by atoms with Crippen LogP contribution in [-0.2, 0) is 11.4 Å². The molecule has 0 aliphatic carbocycles. The molecule has 1 aromatic carbocycles. The van der Waals surface area contributed by atoms with Gasteiger partial charge in [-0.1, -0.05) is 0 Å². The van der Waals surface area contributed by atoms with Crippen LogP contribution in [0.3, 0.4) is 0 Å². The van der Waals surface area contributed by atoms with Gasteiger partial charge in [0.15, 0.2) is 11.5 Å². The molecule has 7 nitrogen and oxygen atoms in total. The highest BCUT2D eigenvalue weighted by molar-refractivity contribution is 5.84. The lowest BCUT2D eigenvalue weighted by molar-refractivity contribution is -0.131. The molecular formula is C16H15NO6. The number of oxazole rings is 1. The summed E-state index contributed by atoms with van der Waals surface area (Å²) in [5.74, 6) is 0.522. The van der Waals surface area contributed by atoms with E-state index in [2.05, 4.69) is 4.98 Å². The molecule has 1 N–H and O–H groups in total. The van der Waals surface area contributed by atoms with E-state index in [1.54, 1.807) is 25.1 Å². The van der Waals surface area contributed by atoms with Crippen molar-refractivity contribution in [2.45, 2.75) is 13.5 Å². The maximum atomic E-state index is 10.8. The topological polar surface area (TPSA) is 98.9 Å². The molecule has 7 heteroatoms. The first kappa shape index (κ1) is 16.3. The van der Waals surface area contributed by atoms with Crippen LogP contribution in [0.1, 0.15) is 27.7 Å². The minimum absolute atomic E-state index is 0.118. The number of rotatable bonds is 7. The van der Waals surface area contributed by atoms with Crippen LogP contribution in [0.15, 0.2) is 28.7 Å². The number of hydrogen-bond donors (Lipinski definition) is 1. The first-order chi connectivity index (χ1) is 11.0. The van der Waals surface area contributed by atoms with E-state index in [1.807, 2.05) is 0 Å². The highest BCUT2D eigenvalue weighted by atomic mass is 16.5. The van der Waals surface area contributed by atoms with Crippen LogP contribution in [0, 0.1) is 6.92 Å². The number of aryl methyl sites for hydroxylation is 1. The van der Waals surface area contributed by atoms with Crippen LogP contribution in [0.5, 0.6) is 11.5 Å². The van der Waals surface area contributed by atoms with Gasteiger partial charge >= 0.3 is 5.97 Å². The Morgan fingerprint density at radius 2 is 2.17 bits per heavy atom. The van der Waals surface area contributed by atoms with Crippen molar-refractivity contribution in [2.24, 2.45) is 0 Å². The Balaban J connectivity index is 2.12. The van der Waals surface area contributed by atoms with Gasteiger partial charge in [-0.25, -0.2) is 9.78 Å². The number of aromatic nitrogens is 1. The van der Waals surface area contributed by atoms with E-state index in [-0.39, 0.29) is 12.5 Å². The first-order valence-electron chi connectivity index (χ1n) is 6.67. The molecule has 0 spiro atoms. The number of carbonyl (C=O) groups is 2. The molecule has 2 aromatic rings. The lowest BCUT2D eigenvalue weighted by atomic mass is 10.2. The van der Waals surface area contributed by atoms with E-state index in [0.29, 0.717) is 28.5 Å². The third kappa shape index (κ3) is 4.19. The molecule has 0 atom stereocenters. The maximum Gasteiger partial charge on any atom is 0.328 e. The van der Waals surface area contributed by atoms with E-state index >= 15 is 0 Å². The Morgan fingerprint density at radius 1 is 1.39 bits per heavy atom. The normalized spacial score (nSPS) is 10.7. The summed E-state index contributed by atoms with van der Waals surface area (Å²) in [5.41, 5.74) is 1.02. The number of aldehydes is 1. The number of aliphatic carboxylic acids is 1. The molecule has 1 heterocycles. The average Bonchev–Trinajstić information content (AvgIpc) is 2.90. The minimum Gasteiger partial charge on any atom is -0.493 e. The number of nitrogens with zero attached hydrogens (tertiary/aromatic N) is 1. The van der Waals surface area contributed by atoms with Crippen molar-refractivity contribution in [3.8, 4) is 11.5 Å². The number of carbonyl (C=O) groups excluding carboxylic acids is 1. The summed E-state index contributed by atoms with van der Waals surface area (Å²) in [4.78, 5) is 25.4. The zero-order valence-corrected chi connectivity index (χ0v) is 12.6. The van der Waals surface area contributed by atoms with E-state index in [0.717, 1.165) is 12.4 Å². The second kappa shape index (κ2) is 7.26. The zero-order valence-electron chi connectivity index (χ0n) is 12.6. The molecule has 2 rings (SSSR count).